The lowest BCUT2D eigenvalue weighted by atomic mass is 10.3. The van der Waals surface area contributed by atoms with E-state index in [-0.39, 0.29) is 18.4 Å². The minimum atomic E-state index is -0.281. The molecule has 2 rings (SSSR count). The lowest BCUT2D eigenvalue weighted by Crippen LogP contribution is -2.21. The summed E-state index contributed by atoms with van der Waals surface area (Å²) < 4.78 is 0.883. The lowest BCUT2D eigenvalue weighted by molar-refractivity contribution is -0.115. The SMILES string of the molecule is CC(=O)Nc1ccc2nc(NC(=O)CN)sc2c1. The van der Waals surface area contributed by atoms with Gasteiger partial charge in [-0.3, -0.25) is 9.59 Å². The van der Waals surface area contributed by atoms with Gasteiger partial charge in [-0.1, -0.05) is 11.3 Å². The maximum Gasteiger partial charge on any atom is 0.239 e. The Balaban J connectivity index is 2.27. The van der Waals surface area contributed by atoms with Gasteiger partial charge in [-0.2, -0.15) is 0 Å². The first-order valence-corrected chi connectivity index (χ1v) is 6.08. The van der Waals surface area contributed by atoms with Crippen molar-refractivity contribution in [3.05, 3.63) is 18.2 Å². The van der Waals surface area contributed by atoms with Crippen molar-refractivity contribution in [2.75, 3.05) is 17.2 Å². The molecule has 0 unspecified atom stereocenters. The summed E-state index contributed by atoms with van der Waals surface area (Å²) in [7, 11) is 0. The summed E-state index contributed by atoms with van der Waals surface area (Å²) in [6, 6.07) is 5.36. The van der Waals surface area contributed by atoms with Gasteiger partial charge in [0.25, 0.3) is 0 Å². The summed E-state index contributed by atoms with van der Waals surface area (Å²) >= 11 is 1.33. The van der Waals surface area contributed by atoms with E-state index < -0.39 is 0 Å². The van der Waals surface area contributed by atoms with Crippen LogP contribution < -0.4 is 16.4 Å². The molecule has 0 spiro atoms. The van der Waals surface area contributed by atoms with Crippen molar-refractivity contribution >= 4 is 44.2 Å². The lowest BCUT2D eigenvalue weighted by Gasteiger charge is -1.99. The number of nitrogens with zero attached hydrogens (tertiary/aromatic N) is 1. The smallest absolute Gasteiger partial charge is 0.239 e. The summed E-state index contributed by atoms with van der Waals surface area (Å²) in [6.45, 7) is 1.37. The third-order valence-electron chi connectivity index (χ3n) is 2.14. The highest BCUT2D eigenvalue weighted by Gasteiger charge is 2.07. The molecule has 0 fully saturated rings. The molecule has 0 aliphatic rings. The molecule has 1 heterocycles. The number of carbonyl (C=O) groups excluding carboxylic acids is 2. The fraction of sp³-hybridized carbons (Fsp3) is 0.182. The number of nitrogens with two attached hydrogens (primary N) is 1. The zero-order valence-electron chi connectivity index (χ0n) is 9.69. The molecular formula is C11H12N4O2S. The van der Waals surface area contributed by atoms with Crippen molar-refractivity contribution in [2.24, 2.45) is 5.73 Å². The Morgan fingerprint density at radius 2 is 2.17 bits per heavy atom. The first-order valence-electron chi connectivity index (χ1n) is 5.26. The number of hydrogen-bond donors (Lipinski definition) is 3. The summed E-state index contributed by atoms with van der Waals surface area (Å²) in [5.41, 5.74) is 6.68. The Morgan fingerprint density at radius 3 is 2.83 bits per heavy atom. The third kappa shape index (κ3) is 2.82. The second-order valence-corrected chi connectivity index (χ2v) is 4.67. The number of thiazole rings is 1. The second kappa shape index (κ2) is 5.11. The van der Waals surface area contributed by atoms with Gasteiger partial charge in [0.1, 0.15) is 0 Å². The average Bonchev–Trinajstić information content (AvgIpc) is 2.69. The minimum Gasteiger partial charge on any atom is -0.326 e. The van der Waals surface area contributed by atoms with E-state index in [0.29, 0.717) is 10.8 Å². The topological polar surface area (TPSA) is 97.1 Å². The summed E-state index contributed by atoms with van der Waals surface area (Å²) in [5, 5.41) is 5.79. The normalized spacial score (nSPS) is 10.3. The van der Waals surface area contributed by atoms with Crippen LogP contribution in [0.1, 0.15) is 6.92 Å². The van der Waals surface area contributed by atoms with E-state index in [1.54, 1.807) is 12.1 Å². The maximum absolute atomic E-state index is 11.1. The Morgan fingerprint density at radius 1 is 1.39 bits per heavy atom. The molecule has 7 heteroatoms. The van der Waals surface area contributed by atoms with E-state index in [4.69, 9.17) is 5.73 Å². The van der Waals surface area contributed by atoms with Crippen molar-refractivity contribution in [1.82, 2.24) is 4.98 Å². The Labute approximate surface area is 107 Å². The molecule has 2 amide bonds. The molecule has 0 saturated heterocycles. The summed E-state index contributed by atoms with van der Waals surface area (Å²) in [5.74, 6) is -0.410. The van der Waals surface area contributed by atoms with Crippen molar-refractivity contribution in [3.8, 4) is 0 Å². The van der Waals surface area contributed by atoms with E-state index >= 15 is 0 Å². The molecule has 4 N–H and O–H groups in total. The average molecular weight is 264 g/mol. The van der Waals surface area contributed by atoms with Crippen LogP contribution >= 0.6 is 11.3 Å². The number of hydrogen-bond acceptors (Lipinski definition) is 5. The Kier molecular flexibility index (Phi) is 3.54. The van der Waals surface area contributed by atoms with Gasteiger partial charge in [0.2, 0.25) is 11.8 Å². The Bertz CT molecular complexity index is 608. The van der Waals surface area contributed by atoms with Gasteiger partial charge in [0, 0.05) is 12.6 Å². The highest BCUT2D eigenvalue weighted by molar-refractivity contribution is 7.22. The Hall–Kier alpha value is -1.99. The number of nitrogens with one attached hydrogen (secondary N) is 2. The van der Waals surface area contributed by atoms with E-state index in [0.717, 1.165) is 10.2 Å². The molecule has 1 aromatic carbocycles. The molecule has 2 aromatic rings. The van der Waals surface area contributed by atoms with Gasteiger partial charge in [-0.25, -0.2) is 4.98 Å². The predicted octanol–water partition coefficient (Wildman–Crippen LogP) is 1.15. The predicted molar refractivity (Wildman–Crippen MR) is 71.6 cm³/mol. The van der Waals surface area contributed by atoms with Crippen LogP contribution in [0.15, 0.2) is 18.2 Å². The molecule has 0 aliphatic carbocycles. The van der Waals surface area contributed by atoms with Gasteiger partial charge in [0.05, 0.1) is 16.8 Å². The summed E-state index contributed by atoms with van der Waals surface area (Å²) in [6.07, 6.45) is 0. The molecule has 18 heavy (non-hydrogen) atoms. The van der Waals surface area contributed by atoms with E-state index in [2.05, 4.69) is 15.6 Å². The number of anilines is 2. The van der Waals surface area contributed by atoms with Gasteiger partial charge < -0.3 is 16.4 Å². The molecule has 0 saturated carbocycles. The zero-order chi connectivity index (χ0) is 13.1. The van der Waals surface area contributed by atoms with Gasteiger partial charge in [-0.15, -0.1) is 0 Å². The van der Waals surface area contributed by atoms with Crippen LogP contribution in [-0.4, -0.2) is 23.3 Å². The monoisotopic (exact) mass is 264 g/mol. The summed E-state index contributed by atoms with van der Waals surface area (Å²) in [4.78, 5) is 26.3. The molecule has 1 aromatic heterocycles. The van der Waals surface area contributed by atoms with Crippen LogP contribution in [0.3, 0.4) is 0 Å². The van der Waals surface area contributed by atoms with Crippen LogP contribution in [0.2, 0.25) is 0 Å². The van der Waals surface area contributed by atoms with Crippen LogP contribution in [0.4, 0.5) is 10.8 Å². The largest absolute Gasteiger partial charge is 0.326 e. The van der Waals surface area contributed by atoms with Crippen molar-refractivity contribution < 1.29 is 9.59 Å². The number of benzene rings is 1. The number of amides is 2. The quantitative estimate of drug-likeness (QED) is 0.774. The number of carbonyl (C=O) groups is 2. The molecule has 6 nitrogen and oxygen atoms in total. The zero-order valence-corrected chi connectivity index (χ0v) is 10.5. The van der Waals surface area contributed by atoms with E-state index in [1.807, 2.05) is 6.07 Å². The molecule has 0 aliphatic heterocycles. The number of aromatic nitrogens is 1. The fourth-order valence-electron chi connectivity index (χ4n) is 1.43. The van der Waals surface area contributed by atoms with Crippen molar-refractivity contribution in [3.63, 3.8) is 0 Å². The van der Waals surface area contributed by atoms with Crippen LogP contribution in [-0.2, 0) is 9.59 Å². The standard InChI is InChI=1S/C11H12N4O2S/c1-6(16)13-7-2-3-8-9(4-7)18-11(14-8)15-10(17)5-12/h2-4H,5,12H2,1H3,(H,13,16)(H,14,15,17). The maximum atomic E-state index is 11.1. The van der Waals surface area contributed by atoms with Crippen molar-refractivity contribution in [1.29, 1.82) is 0 Å². The van der Waals surface area contributed by atoms with Crippen LogP contribution in [0.25, 0.3) is 10.2 Å². The highest BCUT2D eigenvalue weighted by Crippen LogP contribution is 2.28. The number of rotatable bonds is 3. The van der Waals surface area contributed by atoms with Crippen molar-refractivity contribution in [2.45, 2.75) is 6.92 Å². The molecule has 0 bridgehead atoms. The molecular weight excluding hydrogens is 252 g/mol. The van der Waals surface area contributed by atoms with E-state index in [1.165, 1.54) is 18.3 Å². The van der Waals surface area contributed by atoms with Gasteiger partial charge >= 0.3 is 0 Å². The second-order valence-electron chi connectivity index (χ2n) is 3.64. The van der Waals surface area contributed by atoms with Gasteiger partial charge in [-0.05, 0) is 18.2 Å². The fourth-order valence-corrected chi connectivity index (χ4v) is 2.35. The van der Waals surface area contributed by atoms with Crippen LogP contribution in [0, 0.1) is 0 Å². The first-order chi connectivity index (χ1) is 8.58. The molecule has 0 radical (unpaired) electrons. The molecule has 0 atom stereocenters. The highest BCUT2D eigenvalue weighted by atomic mass is 32.1. The third-order valence-corrected chi connectivity index (χ3v) is 3.07. The number of fused-ring (bicyclic) bond motifs is 1. The minimum absolute atomic E-state index is 0.0763. The van der Waals surface area contributed by atoms with E-state index in [9.17, 15) is 9.59 Å². The van der Waals surface area contributed by atoms with Gasteiger partial charge in [0.15, 0.2) is 5.13 Å². The first kappa shape index (κ1) is 12.5. The van der Waals surface area contributed by atoms with Crippen LogP contribution in [0.5, 0.6) is 0 Å². The molecule has 94 valence electrons.